The van der Waals surface area contributed by atoms with Crippen LogP contribution in [0.2, 0.25) is 0 Å². The van der Waals surface area contributed by atoms with Crippen molar-refractivity contribution in [3.05, 3.63) is 59.2 Å². The Morgan fingerprint density at radius 2 is 1.20 bits per heavy atom. The number of Topliss-reactive ketones (excluding diaryl/α,β-unsaturated/α-hetero) is 1. The van der Waals surface area contributed by atoms with Crippen molar-refractivity contribution in [1.29, 1.82) is 0 Å². The van der Waals surface area contributed by atoms with Gasteiger partial charge in [-0.1, -0.05) is 12.1 Å². The zero-order valence-corrected chi connectivity index (χ0v) is 26.4. The molecule has 4 rings (SSSR count). The number of benzene rings is 2. The van der Waals surface area contributed by atoms with Gasteiger partial charge in [0, 0.05) is 25.9 Å². The molecule has 40 heavy (non-hydrogen) atoms. The molecule has 0 spiro atoms. The first-order chi connectivity index (χ1) is 19.0. The van der Waals surface area contributed by atoms with Crippen molar-refractivity contribution in [2.45, 2.75) is 67.1 Å². The first-order valence-corrected chi connectivity index (χ1v) is 15.1. The third kappa shape index (κ3) is 6.06. The fourth-order valence-electron chi connectivity index (χ4n) is 4.74. The number of methoxy groups -OCH3 is 2. The number of carbonyl (C=O) groups excluding carboxylic acids is 1. The van der Waals surface area contributed by atoms with Crippen molar-refractivity contribution in [2.24, 2.45) is 0 Å². The molecule has 2 heterocycles. The minimum Gasteiger partial charge on any atom is -0.496 e. The van der Waals surface area contributed by atoms with Gasteiger partial charge >= 0.3 is 0 Å². The molecule has 7 heteroatoms. The van der Waals surface area contributed by atoms with Gasteiger partial charge in [0.05, 0.1) is 37.6 Å². The second-order valence-electron chi connectivity index (χ2n) is 10.4. The van der Waals surface area contributed by atoms with E-state index in [9.17, 15) is 4.79 Å². The summed E-state index contributed by atoms with van der Waals surface area (Å²) in [5.41, 5.74) is 5.20. The third-order valence-corrected chi connectivity index (χ3v) is 9.30. The lowest BCUT2D eigenvalue weighted by molar-refractivity contribution is -0.116. The first-order valence-electron chi connectivity index (χ1n) is 13.5. The lowest BCUT2D eigenvalue weighted by Gasteiger charge is -2.17. The Bertz CT molecular complexity index is 1510. The van der Waals surface area contributed by atoms with E-state index in [1.807, 2.05) is 64.1 Å². The van der Waals surface area contributed by atoms with Crippen LogP contribution in [0.4, 0.5) is 0 Å². The topological polar surface area (TPSA) is 54.0 Å². The maximum atomic E-state index is 12.4. The van der Waals surface area contributed by atoms with E-state index in [1.54, 1.807) is 43.8 Å². The first kappa shape index (κ1) is 29.7. The predicted molar refractivity (Wildman–Crippen MR) is 167 cm³/mol. The van der Waals surface area contributed by atoms with Crippen molar-refractivity contribution in [3.63, 3.8) is 0 Å². The number of rotatable bonds is 11. The Hall–Kier alpha value is -3.29. The van der Waals surface area contributed by atoms with Gasteiger partial charge in [0.25, 0.3) is 0 Å². The molecule has 4 aromatic rings. The van der Waals surface area contributed by atoms with E-state index in [2.05, 4.69) is 19.9 Å². The lowest BCUT2D eigenvalue weighted by atomic mass is 10.0. The fraction of sp³-hybridized carbons (Fsp3) is 0.364. The Kier molecular flexibility index (Phi) is 9.26. The van der Waals surface area contributed by atoms with Gasteiger partial charge in [0.2, 0.25) is 0 Å². The summed E-state index contributed by atoms with van der Waals surface area (Å²) >= 11 is 3.40. The highest BCUT2D eigenvalue weighted by atomic mass is 32.1. The monoisotopic (exact) mass is 578 g/mol. The van der Waals surface area contributed by atoms with Crippen molar-refractivity contribution >= 4 is 28.5 Å². The molecule has 0 saturated carbocycles. The highest BCUT2D eigenvalue weighted by Crippen LogP contribution is 2.52. The fourth-order valence-corrected chi connectivity index (χ4v) is 7.50. The van der Waals surface area contributed by atoms with Crippen LogP contribution in [0.25, 0.3) is 30.6 Å². The molecule has 0 aliphatic carbocycles. The number of ketones is 1. The highest BCUT2D eigenvalue weighted by molar-refractivity contribution is 7.25. The standard InChI is InChI=1S/C33H38O5S2/c1-18(2)37-26-14-10-12-24(35-8)29(26)32-22(7)21(6)31(40-32)28-17-23(16-20(5)34)33(39-28)30-25(36-9)13-11-15-27(30)38-19(3)4/h10-15,17-19H,16H2,1-9H3. The molecule has 0 bridgehead atoms. The molecule has 0 N–H and O–H groups in total. The minimum atomic E-state index is -0.00518. The van der Waals surface area contributed by atoms with Crippen LogP contribution in [0.5, 0.6) is 23.0 Å². The van der Waals surface area contributed by atoms with E-state index < -0.39 is 0 Å². The van der Waals surface area contributed by atoms with Crippen molar-refractivity contribution in [1.82, 2.24) is 0 Å². The third-order valence-electron chi connectivity index (χ3n) is 6.52. The normalized spacial score (nSPS) is 11.3. The summed E-state index contributed by atoms with van der Waals surface area (Å²) in [6.07, 6.45) is 0.360. The maximum absolute atomic E-state index is 12.4. The Morgan fingerprint density at radius 3 is 1.68 bits per heavy atom. The Morgan fingerprint density at radius 1 is 0.725 bits per heavy atom. The summed E-state index contributed by atoms with van der Waals surface area (Å²) in [7, 11) is 3.36. The molecular weight excluding hydrogens is 540 g/mol. The van der Waals surface area contributed by atoms with Gasteiger partial charge in [-0.15, -0.1) is 22.7 Å². The number of hydrogen-bond donors (Lipinski definition) is 0. The van der Waals surface area contributed by atoms with Crippen LogP contribution in [0.3, 0.4) is 0 Å². The zero-order valence-electron chi connectivity index (χ0n) is 24.8. The molecule has 212 valence electrons. The number of thiophene rings is 2. The average molecular weight is 579 g/mol. The summed E-state index contributed by atoms with van der Waals surface area (Å²) in [6.45, 7) is 14.0. The second-order valence-corrected chi connectivity index (χ2v) is 12.4. The molecule has 2 aromatic carbocycles. The smallest absolute Gasteiger partial charge is 0.134 e. The summed E-state index contributed by atoms with van der Waals surface area (Å²) < 4.78 is 24.0. The van der Waals surface area contributed by atoms with Crippen LogP contribution in [0.15, 0.2) is 42.5 Å². The minimum absolute atomic E-state index is 0.00518. The predicted octanol–water partition coefficient (Wildman–Crippen LogP) is 9.15. The summed E-state index contributed by atoms with van der Waals surface area (Å²) in [5.74, 6) is 3.16. The Balaban J connectivity index is 1.94. The largest absolute Gasteiger partial charge is 0.496 e. The quantitative estimate of drug-likeness (QED) is 0.178. The van der Waals surface area contributed by atoms with Gasteiger partial charge in [-0.3, -0.25) is 4.79 Å². The van der Waals surface area contributed by atoms with E-state index in [1.165, 1.54) is 11.1 Å². The van der Waals surface area contributed by atoms with Crippen molar-refractivity contribution < 1.29 is 23.7 Å². The molecule has 0 saturated heterocycles. The van der Waals surface area contributed by atoms with Gasteiger partial charge < -0.3 is 18.9 Å². The van der Waals surface area contributed by atoms with Crippen LogP contribution >= 0.6 is 22.7 Å². The maximum Gasteiger partial charge on any atom is 0.134 e. The Labute approximate surface area is 245 Å². The number of carbonyl (C=O) groups is 1. The van der Waals surface area contributed by atoms with E-state index in [4.69, 9.17) is 18.9 Å². The van der Waals surface area contributed by atoms with Crippen LogP contribution in [0.1, 0.15) is 51.3 Å². The van der Waals surface area contributed by atoms with E-state index >= 15 is 0 Å². The molecule has 0 fully saturated rings. The molecule has 0 unspecified atom stereocenters. The van der Waals surface area contributed by atoms with Crippen LogP contribution in [0, 0.1) is 13.8 Å². The molecule has 0 atom stereocenters. The van der Waals surface area contributed by atoms with Gasteiger partial charge in [0.1, 0.15) is 28.8 Å². The van der Waals surface area contributed by atoms with Gasteiger partial charge in [-0.05, 0) is 95.5 Å². The summed E-state index contributed by atoms with van der Waals surface area (Å²) in [5, 5.41) is 0. The van der Waals surface area contributed by atoms with Gasteiger partial charge in [-0.25, -0.2) is 0 Å². The zero-order chi connectivity index (χ0) is 29.1. The molecule has 0 aliphatic rings. The highest BCUT2D eigenvalue weighted by Gasteiger charge is 2.26. The average Bonchev–Trinajstić information content (AvgIpc) is 3.42. The molecule has 0 amide bonds. The second kappa shape index (κ2) is 12.5. The SMILES string of the molecule is COc1cccc(OC(C)C)c1-c1sc(-c2sc(-c3c(OC)cccc3OC(C)C)c(C)c2C)cc1CC(C)=O. The van der Waals surface area contributed by atoms with Gasteiger partial charge in [0.15, 0.2) is 0 Å². The van der Waals surface area contributed by atoms with E-state index in [0.29, 0.717) is 6.42 Å². The molecular formula is C33H38O5S2. The molecule has 0 radical (unpaired) electrons. The number of ether oxygens (including phenoxy) is 4. The molecule has 0 aliphatic heterocycles. The molecule has 2 aromatic heterocycles. The van der Waals surface area contributed by atoms with E-state index in [-0.39, 0.29) is 18.0 Å². The summed E-state index contributed by atoms with van der Waals surface area (Å²) in [6, 6.07) is 13.9. The van der Waals surface area contributed by atoms with Crippen molar-refractivity contribution in [2.75, 3.05) is 14.2 Å². The van der Waals surface area contributed by atoms with Crippen LogP contribution < -0.4 is 18.9 Å². The van der Waals surface area contributed by atoms with Crippen molar-refractivity contribution in [3.8, 4) is 53.6 Å². The van der Waals surface area contributed by atoms with E-state index in [0.717, 1.165) is 59.2 Å². The lowest BCUT2D eigenvalue weighted by Crippen LogP contribution is -2.07. The summed E-state index contributed by atoms with van der Waals surface area (Å²) in [4.78, 5) is 16.8. The molecule has 5 nitrogen and oxygen atoms in total. The van der Waals surface area contributed by atoms with Crippen LogP contribution in [-0.4, -0.2) is 32.2 Å². The van der Waals surface area contributed by atoms with Gasteiger partial charge in [-0.2, -0.15) is 0 Å². The van der Waals surface area contributed by atoms with Crippen LogP contribution in [-0.2, 0) is 11.2 Å². The number of hydrogen-bond acceptors (Lipinski definition) is 7.